The second-order valence-electron chi connectivity index (χ2n) is 11.4. The Labute approximate surface area is 261 Å². The molecule has 0 heterocycles. The number of rotatable bonds is 16. The van der Waals surface area contributed by atoms with E-state index in [9.17, 15) is 5.02 Å². The molecule has 4 aromatic rings. The Bertz CT molecular complexity index is 1150. The fourth-order valence-corrected chi connectivity index (χ4v) is 5.85. The van der Waals surface area contributed by atoms with Crippen molar-refractivity contribution >= 4 is 7.32 Å². The third kappa shape index (κ3) is 12.3. The third-order valence-corrected chi connectivity index (χ3v) is 7.61. The Morgan fingerprint density at radius 2 is 0.767 bits per heavy atom. The topological polar surface area (TPSA) is 41.5 Å². The molecule has 228 valence electrons. The SMILES string of the molecule is CCC[N+](CCC)(CCC)CCC.[O-]B(Oc1ccc(Cc2ccccc2)cc1)Oc1ccc(Cc2ccccc2)cc1. The second-order valence-corrected chi connectivity index (χ2v) is 11.4. The minimum Gasteiger partial charge on any atom is -0.808 e. The van der Waals surface area contributed by atoms with E-state index < -0.39 is 7.32 Å². The van der Waals surface area contributed by atoms with E-state index >= 15 is 0 Å². The zero-order valence-corrected chi connectivity index (χ0v) is 26.7. The minimum absolute atomic E-state index is 0.493. The van der Waals surface area contributed by atoms with Gasteiger partial charge in [-0.2, -0.15) is 0 Å². The summed E-state index contributed by atoms with van der Waals surface area (Å²) in [5.41, 5.74) is 4.80. The van der Waals surface area contributed by atoms with E-state index in [1.165, 1.54) is 67.5 Å². The van der Waals surface area contributed by atoms with E-state index in [0.29, 0.717) is 11.5 Å². The molecule has 4 nitrogen and oxygen atoms in total. The van der Waals surface area contributed by atoms with E-state index in [1.54, 1.807) is 24.3 Å². The molecule has 0 spiro atoms. The molecular formula is C38H50BNO3. The van der Waals surface area contributed by atoms with Crippen molar-refractivity contribution in [1.29, 1.82) is 0 Å². The van der Waals surface area contributed by atoms with Crippen LogP contribution < -0.4 is 14.3 Å². The van der Waals surface area contributed by atoms with Gasteiger partial charge in [-0.05, 0) is 85.0 Å². The number of quaternary nitrogens is 1. The smallest absolute Gasteiger partial charge is 0.492 e. The normalized spacial score (nSPS) is 10.9. The van der Waals surface area contributed by atoms with Gasteiger partial charge < -0.3 is 18.8 Å². The quantitative estimate of drug-likeness (QED) is 0.0995. The van der Waals surface area contributed by atoms with Crippen molar-refractivity contribution in [3.8, 4) is 11.5 Å². The first kappa shape index (κ1) is 34.0. The third-order valence-electron chi connectivity index (χ3n) is 7.61. The fraction of sp³-hybridized carbons (Fsp3) is 0.368. The van der Waals surface area contributed by atoms with Gasteiger partial charge in [-0.3, -0.25) is 0 Å². The second kappa shape index (κ2) is 18.9. The summed E-state index contributed by atoms with van der Waals surface area (Å²) >= 11 is 0. The van der Waals surface area contributed by atoms with Gasteiger partial charge in [0.15, 0.2) is 0 Å². The first-order valence-electron chi connectivity index (χ1n) is 16.1. The molecule has 0 fully saturated rings. The number of hydrogen-bond donors (Lipinski definition) is 0. The molecule has 0 N–H and O–H groups in total. The molecule has 5 heteroatoms. The lowest BCUT2D eigenvalue weighted by atomic mass is 10.0. The maximum absolute atomic E-state index is 12.2. The van der Waals surface area contributed by atoms with Crippen molar-refractivity contribution < 1.29 is 18.8 Å². The molecule has 0 aliphatic heterocycles. The molecule has 0 radical (unpaired) electrons. The molecule has 0 unspecified atom stereocenters. The zero-order valence-electron chi connectivity index (χ0n) is 26.7. The van der Waals surface area contributed by atoms with Crippen molar-refractivity contribution in [3.05, 3.63) is 131 Å². The van der Waals surface area contributed by atoms with Crippen molar-refractivity contribution in [1.82, 2.24) is 0 Å². The van der Waals surface area contributed by atoms with Gasteiger partial charge in [0.05, 0.1) is 26.2 Å². The predicted molar refractivity (Wildman–Crippen MR) is 179 cm³/mol. The molecule has 4 rings (SSSR count). The highest BCUT2D eigenvalue weighted by molar-refractivity contribution is 6.34. The van der Waals surface area contributed by atoms with Gasteiger partial charge in [0.25, 0.3) is 0 Å². The first-order chi connectivity index (χ1) is 21.0. The van der Waals surface area contributed by atoms with E-state index in [-0.39, 0.29) is 0 Å². The van der Waals surface area contributed by atoms with Crippen molar-refractivity contribution in [3.63, 3.8) is 0 Å². The molecule has 0 aliphatic rings. The summed E-state index contributed by atoms with van der Waals surface area (Å²) in [5, 5.41) is 12.2. The van der Waals surface area contributed by atoms with Crippen LogP contribution in [-0.2, 0) is 12.8 Å². The van der Waals surface area contributed by atoms with E-state index in [2.05, 4.69) is 52.0 Å². The van der Waals surface area contributed by atoms with Crippen LogP contribution in [0.2, 0.25) is 0 Å². The van der Waals surface area contributed by atoms with Crippen LogP contribution in [0, 0.1) is 0 Å². The van der Waals surface area contributed by atoms with Crippen LogP contribution >= 0.6 is 0 Å². The first-order valence-corrected chi connectivity index (χ1v) is 16.1. The van der Waals surface area contributed by atoms with Gasteiger partial charge in [-0.25, -0.2) is 0 Å². The summed E-state index contributed by atoms with van der Waals surface area (Å²) < 4.78 is 12.1. The average molecular weight is 580 g/mol. The lowest BCUT2D eigenvalue weighted by Crippen LogP contribution is -2.50. The van der Waals surface area contributed by atoms with E-state index in [1.807, 2.05) is 60.7 Å². The summed E-state index contributed by atoms with van der Waals surface area (Å²) in [5.74, 6) is 0.986. The Morgan fingerprint density at radius 3 is 1.07 bits per heavy atom. The molecule has 0 atom stereocenters. The van der Waals surface area contributed by atoms with Crippen LogP contribution in [0.25, 0.3) is 0 Å². The van der Waals surface area contributed by atoms with Gasteiger partial charge >= 0.3 is 7.32 Å². The Morgan fingerprint density at radius 1 is 0.465 bits per heavy atom. The molecule has 43 heavy (non-hydrogen) atoms. The Balaban J connectivity index is 0.000000331. The maximum atomic E-state index is 12.2. The standard InChI is InChI=1S/C26H22BO3.C12H28N/c28-27(29-25-15-11-23(12-16-25)19-21-7-3-1-4-8-21)30-26-17-13-24(14-18-26)20-22-9-5-2-6-10-22;1-5-9-13(10-6-2,11-7-3)12-8-4/h1-18H,19-20H2;5-12H2,1-4H3/q-1;+1. The monoisotopic (exact) mass is 579 g/mol. The van der Waals surface area contributed by atoms with Crippen LogP contribution in [0.1, 0.15) is 75.6 Å². The Kier molecular flexibility index (Phi) is 14.9. The van der Waals surface area contributed by atoms with Crippen LogP contribution in [0.3, 0.4) is 0 Å². The van der Waals surface area contributed by atoms with Crippen molar-refractivity contribution in [2.45, 2.75) is 66.2 Å². The molecular weight excluding hydrogens is 529 g/mol. The van der Waals surface area contributed by atoms with Gasteiger partial charge in [0, 0.05) is 0 Å². The van der Waals surface area contributed by atoms with Gasteiger partial charge in [0.1, 0.15) is 11.5 Å². The maximum Gasteiger partial charge on any atom is 0.492 e. The van der Waals surface area contributed by atoms with Crippen LogP contribution in [-0.4, -0.2) is 38.0 Å². The van der Waals surface area contributed by atoms with E-state index in [4.69, 9.17) is 9.31 Å². The minimum atomic E-state index is -1.62. The highest BCUT2D eigenvalue weighted by Gasteiger charge is 2.22. The predicted octanol–water partition coefficient (Wildman–Crippen LogP) is 8.11. The highest BCUT2D eigenvalue weighted by Crippen LogP contribution is 2.18. The van der Waals surface area contributed by atoms with Crippen LogP contribution in [0.4, 0.5) is 0 Å². The summed E-state index contributed by atoms with van der Waals surface area (Å²) in [6.45, 7) is 14.8. The number of benzene rings is 4. The zero-order chi connectivity index (χ0) is 30.8. The van der Waals surface area contributed by atoms with Crippen LogP contribution in [0.15, 0.2) is 109 Å². The van der Waals surface area contributed by atoms with Gasteiger partial charge in [0.2, 0.25) is 0 Å². The van der Waals surface area contributed by atoms with Crippen LogP contribution in [0.5, 0.6) is 11.5 Å². The number of hydrogen-bond acceptors (Lipinski definition) is 3. The molecule has 0 saturated heterocycles. The van der Waals surface area contributed by atoms with Gasteiger partial charge in [-0.15, -0.1) is 0 Å². The lowest BCUT2D eigenvalue weighted by molar-refractivity contribution is -0.928. The summed E-state index contributed by atoms with van der Waals surface area (Å²) in [4.78, 5) is 0. The molecule has 0 bridgehead atoms. The van der Waals surface area contributed by atoms with Crippen molar-refractivity contribution in [2.75, 3.05) is 26.2 Å². The summed E-state index contributed by atoms with van der Waals surface area (Å²) in [6, 6.07) is 35.6. The summed E-state index contributed by atoms with van der Waals surface area (Å²) in [6.07, 6.45) is 7.02. The van der Waals surface area contributed by atoms with Gasteiger partial charge in [-0.1, -0.05) is 113 Å². The molecule has 0 saturated carbocycles. The highest BCUT2D eigenvalue weighted by atomic mass is 16.7. The van der Waals surface area contributed by atoms with Crippen molar-refractivity contribution in [2.24, 2.45) is 0 Å². The lowest BCUT2D eigenvalue weighted by Gasteiger charge is -2.38. The fourth-order valence-electron chi connectivity index (χ4n) is 5.85. The van der Waals surface area contributed by atoms with E-state index in [0.717, 1.165) is 24.0 Å². The number of nitrogens with zero attached hydrogens (tertiary/aromatic N) is 1. The molecule has 0 aliphatic carbocycles. The molecule has 0 amide bonds. The molecule has 0 aromatic heterocycles. The average Bonchev–Trinajstić information content (AvgIpc) is 3.01. The summed E-state index contributed by atoms with van der Waals surface area (Å²) in [7, 11) is -1.62. The molecule has 4 aromatic carbocycles. The largest absolute Gasteiger partial charge is 0.808 e. The Hall–Kier alpha value is -3.54.